The van der Waals surface area contributed by atoms with E-state index in [1.807, 2.05) is 42.5 Å². The van der Waals surface area contributed by atoms with Gasteiger partial charge in [0.1, 0.15) is 12.3 Å². The van der Waals surface area contributed by atoms with E-state index >= 15 is 0 Å². The third-order valence-electron chi connectivity index (χ3n) is 6.18. The lowest BCUT2D eigenvalue weighted by Crippen LogP contribution is -2.49. The van der Waals surface area contributed by atoms with E-state index in [0.29, 0.717) is 24.7 Å². The van der Waals surface area contributed by atoms with Crippen LogP contribution < -0.4 is 0 Å². The lowest BCUT2D eigenvalue weighted by Gasteiger charge is -2.34. The number of aliphatic hydroxyl groups excluding tert-OH is 1. The van der Waals surface area contributed by atoms with Gasteiger partial charge in [-0.05, 0) is 35.4 Å². The number of fused-ring (bicyclic) bond motifs is 1. The Morgan fingerprint density at radius 3 is 2.27 bits per heavy atom. The van der Waals surface area contributed by atoms with Crippen molar-refractivity contribution in [1.29, 1.82) is 0 Å². The van der Waals surface area contributed by atoms with Crippen LogP contribution in [0.25, 0.3) is 28.0 Å². The number of hydrogen-bond acceptors (Lipinski definition) is 4. The van der Waals surface area contributed by atoms with Crippen molar-refractivity contribution >= 4 is 23.2 Å². The average Bonchev–Trinajstić information content (AvgIpc) is 3.22. The number of rotatable bonds is 5. The summed E-state index contributed by atoms with van der Waals surface area (Å²) in [5, 5.41) is 9.85. The van der Waals surface area contributed by atoms with Gasteiger partial charge in [-0.15, -0.1) is 0 Å². The van der Waals surface area contributed by atoms with E-state index in [4.69, 9.17) is 21.7 Å². The van der Waals surface area contributed by atoms with Gasteiger partial charge in [-0.1, -0.05) is 54.1 Å². The highest BCUT2D eigenvalue weighted by molar-refractivity contribution is 6.30. The van der Waals surface area contributed by atoms with Crippen LogP contribution in [0.3, 0.4) is 0 Å². The van der Waals surface area contributed by atoms with Gasteiger partial charge in [-0.2, -0.15) is 0 Å². The topological polar surface area (TPSA) is 61.1 Å². The van der Waals surface area contributed by atoms with Crippen LogP contribution in [0.1, 0.15) is 5.69 Å². The molecule has 5 rings (SSSR count). The molecule has 0 saturated carbocycles. The zero-order chi connectivity index (χ0) is 22.8. The summed E-state index contributed by atoms with van der Waals surface area (Å²) < 4.78 is 2.18. The minimum absolute atomic E-state index is 0.209. The average molecular weight is 461 g/mol. The van der Waals surface area contributed by atoms with Crippen molar-refractivity contribution in [2.45, 2.75) is 6.54 Å². The molecule has 1 aliphatic heterocycles. The summed E-state index contributed by atoms with van der Waals surface area (Å²) in [5.41, 5.74) is 6.24. The Labute approximate surface area is 197 Å². The Kier molecular flexibility index (Phi) is 6.13. The first kappa shape index (κ1) is 21.6. The Bertz CT molecular complexity index is 1260. The van der Waals surface area contributed by atoms with Crippen LogP contribution in [-0.4, -0.2) is 63.0 Å². The van der Waals surface area contributed by atoms with E-state index < -0.39 is 6.61 Å². The number of piperazine rings is 1. The van der Waals surface area contributed by atoms with Gasteiger partial charge in [0.2, 0.25) is 5.91 Å². The molecule has 0 spiro atoms. The minimum atomic E-state index is -0.434. The summed E-state index contributed by atoms with van der Waals surface area (Å²) in [6.07, 6.45) is 2.15. The molecule has 0 radical (unpaired) electrons. The molecule has 0 bridgehead atoms. The number of aliphatic hydroxyl groups is 1. The third-order valence-corrected chi connectivity index (χ3v) is 6.43. The molecule has 0 unspecified atom stereocenters. The largest absolute Gasteiger partial charge is 0.387 e. The first-order valence-electron chi connectivity index (χ1n) is 11.1. The van der Waals surface area contributed by atoms with Gasteiger partial charge in [0.15, 0.2) is 0 Å². The number of nitrogens with zero attached hydrogens (tertiary/aromatic N) is 4. The van der Waals surface area contributed by atoms with Crippen LogP contribution in [0.15, 0.2) is 72.9 Å². The lowest BCUT2D eigenvalue weighted by atomic mass is 10.1. The molecule has 3 heterocycles. The number of pyridine rings is 1. The molecule has 1 amide bonds. The third kappa shape index (κ3) is 4.50. The smallest absolute Gasteiger partial charge is 0.248 e. The molecular weight excluding hydrogens is 436 g/mol. The molecule has 7 heteroatoms. The predicted octanol–water partition coefficient (Wildman–Crippen LogP) is 3.96. The van der Waals surface area contributed by atoms with Crippen molar-refractivity contribution in [3.63, 3.8) is 0 Å². The van der Waals surface area contributed by atoms with Gasteiger partial charge in [-0.3, -0.25) is 9.69 Å². The summed E-state index contributed by atoms with van der Waals surface area (Å²) in [5.74, 6) is -0.209. The fraction of sp³-hybridized carbons (Fsp3) is 0.231. The second kappa shape index (κ2) is 9.35. The maximum absolute atomic E-state index is 11.8. The molecule has 6 nitrogen and oxygen atoms in total. The summed E-state index contributed by atoms with van der Waals surface area (Å²) >= 11 is 6.13. The van der Waals surface area contributed by atoms with E-state index in [1.165, 1.54) is 0 Å². The van der Waals surface area contributed by atoms with Gasteiger partial charge < -0.3 is 14.4 Å². The van der Waals surface area contributed by atoms with Crippen molar-refractivity contribution < 1.29 is 9.90 Å². The molecule has 33 heavy (non-hydrogen) atoms. The van der Waals surface area contributed by atoms with Gasteiger partial charge in [0.25, 0.3) is 0 Å². The SMILES string of the molecule is O=C(CO)N1CCN(Cc2c(-c3ccc(Cl)cc3)nc3ccc(-c4ccccc4)cn23)CC1. The van der Waals surface area contributed by atoms with E-state index in [0.717, 1.165) is 46.8 Å². The Morgan fingerprint density at radius 1 is 0.879 bits per heavy atom. The first-order chi connectivity index (χ1) is 16.1. The van der Waals surface area contributed by atoms with Crippen molar-refractivity contribution in [2.75, 3.05) is 32.8 Å². The predicted molar refractivity (Wildman–Crippen MR) is 130 cm³/mol. The molecule has 2 aromatic carbocycles. The van der Waals surface area contributed by atoms with Gasteiger partial charge in [0.05, 0.1) is 11.4 Å². The molecule has 1 aliphatic rings. The molecule has 168 valence electrons. The normalized spacial score (nSPS) is 14.7. The molecule has 1 fully saturated rings. The summed E-state index contributed by atoms with van der Waals surface area (Å²) in [6.45, 7) is 2.99. The second-order valence-electron chi connectivity index (χ2n) is 8.24. The lowest BCUT2D eigenvalue weighted by molar-refractivity contribution is -0.136. The highest BCUT2D eigenvalue weighted by Crippen LogP contribution is 2.29. The van der Waals surface area contributed by atoms with Crippen LogP contribution in [0.5, 0.6) is 0 Å². The number of carbonyl (C=O) groups excluding carboxylic acids is 1. The number of imidazole rings is 1. The van der Waals surface area contributed by atoms with Gasteiger partial charge >= 0.3 is 0 Å². The maximum atomic E-state index is 11.8. The van der Waals surface area contributed by atoms with Crippen LogP contribution >= 0.6 is 11.6 Å². The molecule has 2 aromatic heterocycles. The quantitative estimate of drug-likeness (QED) is 0.489. The molecule has 1 saturated heterocycles. The van der Waals surface area contributed by atoms with Gasteiger partial charge in [-0.25, -0.2) is 4.98 Å². The van der Waals surface area contributed by atoms with Crippen LogP contribution in [0.2, 0.25) is 5.02 Å². The summed E-state index contributed by atoms with van der Waals surface area (Å²) in [4.78, 5) is 20.9. The Morgan fingerprint density at radius 2 is 1.58 bits per heavy atom. The molecule has 0 atom stereocenters. The number of amides is 1. The minimum Gasteiger partial charge on any atom is -0.387 e. The second-order valence-corrected chi connectivity index (χ2v) is 8.68. The van der Waals surface area contributed by atoms with Crippen LogP contribution in [0, 0.1) is 0 Å². The highest BCUT2D eigenvalue weighted by atomic mass is 35.5. The van der Waals surface area contributed by atoms with Crippen molar-refractivity contribution in [2.24, 2.45) is 0 Å². The number of carbonyl (C=O) groups is 1. The Hall–Kier alpha value is -3.19. The van der Waals surface area contributed by atoms with E-state index in [-0.39, 0.29) is 5.91 Å². The molecular formula is C26H25ClN4O2. The van der Waals surface area contributed by atoms with Crippen molar-refractivity contribution in [3.05, 3.63) is 83.6 Å². The van der Waals surface area contributed by atoms with Crippen LogP contribution in [-0.2, 0) is 11.3 Å². The van der Waals surface area contributed by atoms with E-state index in [9.17, 15) is 4.79 Å². The summed E-state index contributed by atoms with van der Waals surface area (Å²) in [7, 11) is 0. The van der Waals surface area contributed by atoms with Crippen molar-refractivity contribution in [1.82, 2.24) is 19.2 Å². The standard InChI is InChI=1S/C26H25ClN4O2/c27-22-9-6-20(7-10-22)26-23(17-29-12-14-30(15-13-29)25(33)18-32)31-16-21(8-11-24(31)28-26)19-4-2-1-3-5-19/h1-11,16,32H,12-15,17-18H2. The number of benzene rings is 2. The number of hydrogen-bond donors (Lipinski definition) is 1. The molecule has 4 aromatic rings. The molecule has 1 N–H and O–H groups in total. The van der Waals surface area contributed by atoms with E-state index in [2.05, 4.69) is 39.8 Å². The Balaban J connectivity index is 1.53. The zero-order valence-corrected chi connectivity index (χ0v) is 18.9. The number of halogens is 1. The summed E-state index contributed by atoms with van der Waals surface area (Å²) in [6, 6.07) is 22.3. The van der Waals surface area contributed by atoms with Crippen LogP contribution in [0.4, 0.5) is 0 Å². The zero-order valence-electron chi connectivity index (χ0n) is 18.2. The first-order valence-corrected chi connectivity index (χ1v) is 11.4. The monoisotopic (exact) mass is 460 g/mol. The maximum Gasteiger partial charge on any atom is 0.248 e. The van der Waals surface area contributed by atoms with E-state index in [1.54, 1.807) is 4.90 Å². The van der Waals surface area contributed by atoms with Crippen molar-refractivity contribution in [3.8, 4) is 22.4 Å². The fourth-order valence-corrected chi connectivity index (χ4v) is 4.48. The molecule has 0 aliphatic carbocycles. The fourth-order valence-electron chi connectivity index (χ4n) is 4.35. The highest BCUT2D eigenvalue weighted by Gasteiger charge is 2.23. The van der Waals surface area contributed by atoms with Gasteiger partial charge in [0, 0.05) is 49.5 Å². The number of aromatic nitrogens is 2.